The van der Waals surface area contributed by atoms with Crippen LogP contribution in [0.3, 0.4) is 0 Å². The predicted octanol–water partition coefficient (Wildman–Crippen LogP) is 2.89. The van der Waals surface area contributed by atoms with Crippen molar-refractivity contribution in [1.82, 2.24) is 0 Å². The average Bonchev–Trinajstić information content (AvgIpc) is 2.25. The SMILES string of the molecule is C=CCC(C(=O)OC(C)(C)C)C(C(=C)C)C(=O)OC. The van der Waals surface area contributed by atoms with Gasteiger partial charge in [-0.05, 0) is 34.1 Å². The molecule has 19 heavy (non-hydrogen) atoms. The largest absolute Gasteiger partial charge is 0.469 e. The van der Waals surface area contributed by atoms with Gasteiger partial charge in [0.25, 0.3) is 0 Å². The van der Waals surface area contributed by atoms with E-state index in [1.807, 2.05) is 0 Å². The first kappa shape index (κ1) is 17.4. The van der Waals surface area contributed by atoms with Crippen LogP contribution in [0.25, 0.3) is 0 Å². The molecule has 0 amide bonds. The third kappa shape index (κ3) is 5.73. The molecule has 0 aliphatic rings. The van der Waals surface area contributed by atoms with Crippen molar-refractivity contribution in [2.75, 3.05) is 7.11 Å². The summed E-state index contributed by atoms with van der Waals surface area (Å²) in [5.74, 6) is -2.28. The standard InChI is InChI=1S/C15H24O4/c1-8-9-11(13(16)19-15(4,5)6)12(10(2)3)14(17)18-7/h8,11-12H,1-2,9H2,3-7H3. The van der Waals surface area contributed by atoms with Gasteiger partial charge in [-0.3, -0.25) is 9.59 Å². The van der Waals surface area contributed by atoms with Crippen molar-refractivity contribution >= 4 is 11.9 Å². The first-order valence-electron chi connectivity index (χ1n) is 6.21. The van der Waals surface area contributed by atoms with Crippen LogP contribution in [0.15, 0.2) is 24.8 Å². The Bertz CT molecular complexity index is 363. The highest BCUT2D eigenvalue weighted by Gasteiger charge is 2.36. The Hall–Kier alpha value is -1.58. The van der Waals surface area contributed by atoms with Gasteiger partial charge in [0.2, 0.25) is 0 Å². The van der Waals surface area contributed by atoms with Gasteiger partial charge in [-0.2, -0.15) is 0 Å². The van der Waals surface area contributed by atoms with E-state index in [9.17, 15) is 9.59 Å². The Labute approximate surface area is 115 Å². The lowest BCUT2D eigenvalue weighted by Crippen LogP contribution is -2.36. The summed E-state index contributed by atoms with van der Waals surface area (Å²) in [5.41, 5.74) is -0.0312. The number of methoxy groups -OCH3 is 1. The molecule has 0 spiro atoms. The lowest BCUT2D eigenvalue weighted by atomic mass is 9.84. The van der Waals surface area contributed by atoms with E-state index < -0.39 is 29.4 Å². The summed E-state index contributed by atoms with van der Waals surface area (Å²) in [6.07, 6.45) is 1.93. The molecule has 0 bridgehead atoms. The maximum atomic E-state index is 12.2. The molecule has 2 atom stereocenters. The molecule has 0 saturated carbocycles. The van der Waals surface area contributed by atoms with Gasteiger partial charge in [0.15, 0.2) is 0 Å². The molecule has 0 aliphatic heterocycles. The zero-order chi connectivity index (χ0) is 15.2. The molecule has 4 nitrogen and oxygen atoms in total. The third-order valence-corrected chi connectivity index (χ3v) is 2.52. The molecule has 0 aromatic heterocycles. The van der Waals surface area contributed by atoms with E-state index in [1.54, 1.807) is 33.8 Å². The fourth-order valence-corrected chi connectivity index (χ4v) is 1.76. The second-order valence-electron chi connectivity index (χ2n) is 5.51. The quantitative estimate of drug-likeness (QED) is 0.549. The molecule has 0 aliphatic carbocycles. The smallest absolute Gasteiger partial charge is 0.313 e. The number of carbonyl (C=O) groups is 2. The molecule has 0 heterocycles. The van der Waals surface area contributed by atoms with Crippen LogP contribution in [0.4, 0.5) is 0 Å². The van der Waals surface area contributed by atoms with E-state index in [-0.39, 0.29) is 0 Å². The summed E-state index contributed by atoms with van der Waals surface area (Å²) in [6.45, 7) is 14.4. The van der Waals surface area contributed by atoms with Crippen LogP contribution >= 0.6 is 0 Å². The summed E-state index contributed by atoms with van der Waals surface area (Å²) in [5, 5.41) is 0. The van der Waals surface area contributed by atoms with Crippen LogP contribution in [-0.4, -0.2) is 24.6 Å². The Morgan fingerprint density at radius 1 is 1.26 bits per heavy atom. The fourth-order valence-electron chi connectivity index (χ4n) is 1.76. The third-order valence-electron chi connectivity index (χ3n) is 2.52. The van der Waals surface area contributed by atoms with E-state index in [2.05, 4.69) is 13.2 Å². The summed E-state index contributed by atoms with van der Waals surface area (Å²) in [6, 6.07) is 0. The zero-order valence-corrected chi connectivity index (χ0v) is 12.5. The monoisotopic (exact) mass is 268 g/mol. The Balaban J connectivity index is 5.25. The Morgan fingerprint density at radius 3 is 2.11 bits per heavy atom. The molecule has 0 aromatic carbocycles. The topological polar surface area (TPSA) is 52.6 Å². The van der Waals surface area contributed by atoms with Crippen LogP contribution in [0.5, 0.6) is 0 Å². The molecule has 0 rings (SSSR count). The van der Waals surface area contributed by atoms with Crippen molar-refractivity contribution in [3.05, 3.63) is 24.8 Å². The summed E-state index contributed by atoms with van der Waals surface area (Å²) < 4.78 is 10.1. The molecule has 0 radical (unpaired) electrons. The molecule has 4 heteroatoms. The molecule has 0 saturated heterocycles. The molecular formula is C15H24O4. The Morgan fingerprint density at radius 2 is 1.79 bits per heavy atom. The molecule has 0 N–H and O–H groups in total. The van der Waals surface area contributed by atoms with Crippen LogP contribution in [0.1, 0.15) is 34.1 Å². The van der Waals surface area contributed by atoms with E-state index in [0.29, 0.717) is 12.0 Å². The van der Waals surface area contributed by atoms with Gasteiger partial charge in [-0.1, -0.05) is 18.2 Å². The molecule has 108 valence electrons. The molecule has 0 fully saturated rings. The predicted molar refractivity (Wildman–Crippen MR) is 74.5 cm³/mol. The van der Waals surface area contributed by atoms with Crippen LogP contribution in [0.2, 0.25) is 0 Å². The molecular weight excluding hydrogens is 244 g/mol. The van der Waals surface area contributed by atoms with E-state index >= 15 is 0 Å². The minimum atomic E-state index is -0.710. The number of hydrogen-bond donors (Lipinski definition) is 0. The minimum absolute atomic E-state index is 0.335. The van der Waals surface area contributed by atoms with Crippen molar-refractivity contribution in [3.8, 4) is 0 Å². The van der Waals surface area contributed by atoms with Gasteiger partial charge in [0, 0.05) is 0 Å². The van der Waals surface area contributed by atoms with E-state index in [4.69, 9.17) is 9.47 Å². The van der Waals surface area contributed by atoms with Gasteiger partial charge in [-0.25, -0.2) is 0 Å². The first-order chi connectivity index (χ1) is 8.64. The molecule has 0 aromatic rings. The van der Waals surface area contributed by atoms with Crippen molar-refractivity contribution in [2.24, 2.45) is 11.8 Å². The lowest BCUT2D eigenvalue weighted by molar-refractivity contribution is -0.166. The first-order valence-corrected chi connectivity index (χ1v) is 6.21. The lowest BCUT2D eigenvalue weighted by Gasteiger charge is -2.27. The van der Waals surface area contributed by atoms with Crippen molar-refractivity contribution in [1.29, 1.82) is 0 Å². The van der Waals surface area contributed by atoms with Gasteiger partial charge in [0.05, 0.1) is 18.9 Å². The van der Waals surface area contributed by atoms with Crippen molar-refractivity contribution in [3.63, 3.8) is 0 Å². The van der Waals surface area contributed by atoms with Gasteiger partial charge in [0.1, 0.15) is 5.60 Å². The van der Waals surface area contributed by atoms with Crippen LogP contribution in [-0.2, 0) is 19.1 Å². The average molecular weight is 268 g/mol. The normalized spacial score (nSPS) is 14.2. The highest BCUT2D eigenvalue weighted by molar-refractivity contribution is 5.84. The number of esters is 2. The van der Waals surface area contributed by atoms with E-state index in [1.165, 1.54) is 7.11 Å². The van der Waals surface area contributed by atoms with Gasteiger partial charge < -0.3 is 9.47 Å². The maximum Gasteiger partial charge on any atom is 0.313 e. The minimum Gasteiger partial charge on any atom is -0.469 e. The summed E-state index contributed by atoms with van der Waals surface area (Å²) >= 11 is 0. The number of allylic oxidation sites excluding steroid dienone is 1. The number of ether oxygens (including phenoxy) is 2. The van der Waals surface area contributed by atoms with Crippen LogP contribution in [0, 0.1) is 11.8 Å². The second-order valence-corrected chi connectivity index (χ2v) is 5.51. The van der Waals surface area contributed by atoms with Crippen molar-refractivity contribution < 1.29 is 19.1 Å². The van der Waals surface area contributed by atoms with E-state index in [0.717, 1.165) is 0 Å². The summed E-state index contributed by atoms with van der Waals surface area (Å²) in [7, 11) is 1.29. The van der Waals surface area contributed by atoms with Gasteiger partial charge in [-0.15, -0.1) is 6.58 Å². The summed E-state index contributed by atoms with van der Waals surface area (Å²) in [4.78, 5) is 24.0. The zero-order valence-electron chi connectivity index (χ0n) is 12.5. The van der Waals surface area contributed by atoms with Crippen LogP contribution < -0.4 is 0 Å². The highest BCUT2D eigenvalue weighted by atomic mass is 16.6. The Kier molecular flexibility index (Phi) is 6.53. The number of rotatable bonds is 6. The van der Waals surface area contributed by atoms with Crippen molar-refractivity contribution in [2.45, 2.75) is 39.7 Å². The maximum absolute atomic E-state index is 12.2. The number of hydrogen-bond acceptors (Lipinski definition) is 4. The fraction of sp³-hybridized carbons (Fsp3) is 0.600. The second kappa shape index (κ2) is 7.12. The number of carbonyl (C=O) groups excluding carboxylic acids is 2. The van der Waals surface area contributed by atoms with Gasteiger partial charge >= 0.3 is 11.9 Å². The highest BCUT2D eigenvalue weighted by Crippen LogP contribution is 2.27. The molecule has 2 unspecified atom stereocenters.